The van der Waals surface area contributed by atoms with E-state index >= 15 is 0 Å². The van der Waals surface area contributed by atoms with E-state index in [1.165, 1.54) is 12.1 Å². The Morgan fingerprint density at radius 3 is 2.75 bits per heavy atom. The first-order valence-electron chi connectivity index (χ1n) is 6.56. The molecule has 2 aromatic carbocycles. The monoisotopic (exact) mass is 337 g/mol. The summed E-state index contributed by atoms with van der Waals surface area (Å²) in [6, 6.07) is 12.3. The first-order chi connectivity index (χ1) is 9.58. The van der Waals surface area contributed by atoms with Gasteiger partial charge in [0.25, 0.3) is 0 Å². The third-order valence-corrected chi connectivity index (χ3v) is 3.66. The van der Waals surface area contributed by atoms with Gasteiger partial charge in [0.1, 0.15) is 17.3 Å². The van der Waals surface area contributed by atoms with Crippen molar-refractivity contribution in [2.45, 2.75) is 25.8 Å². The van der Waals surface area contributed by atoms with Crippen molar-refractivity contribution in [3.63, 3.8) is 0 Å². The molecule has 2 aromatic rings. The van der Waals surface area contributed by atoms with Crippen molar-refractivity contribution in [2.24, 2.45) is 5.73 Å². The molecule has 0 bridgehead atoms. The molecule has 0 saturated heterocycles. The van der Waals surface area contributed by atoms with Crippen molar-refractivity contribution in [1.82, 2.24) is 0 Å². The standard InChI is InChI=1S/C16H17BrFNO/c1-2-13(19)8-11-4-3-5-14(9-11)20-16-7-6-12(18)10-15(16)17/h3-7,9-10,13H,2,8,19H2,1H3. The van der Waals surface area contributed by atoms with E-state index in [0.717, 1.165) is 24.2 Å². The quantitative estimate of drug-likeness (QED) is 0.861. The fourth-order valence-corrected chi connectivity index (χ4v) is 2.30. The summed E-state index contributed by atoms with van der Waals surface area (Å²) in [7, 11) is 0. The number of nitrogens with two attached hydrogens (primary N) is 1. The highest BCUT2D eigenvalue weighted by Crippen LogP contribution is 2.30. The fraction of sp³-hybridized carbons (Fsp3) is 0.250. The molecule has 0 aliphatic heterocycles. The number of hydrogen-bond donors (Lipinski definition) is 1. The van der Waals surface area contributed by atoms with E-state index in [1.807, 2.05) is 24.3 Å². The molecule has 0 aromatic heterocycles. The number of rotatable bonds is 5. The summed E-state index contributed by atoms with van der Waals surface area (Å²) in [4.78, 5) is 0. The van der Waals surface area contributed by atoms with E-state index in [2.05, 4.69) is 22.9 Å². The fourth-order valence-electron chi connectivity index (χ4n) is 1.87. The van der Waals surface area contributed by atoms with E-state index in [4.69, 9.17) is 10.5 Å². The van der Waals surface area contributed by atoms with E-state index in [-0.39, 0.29) is 11.9 Å². The third kappa shape index (κ3) is 4.05. The average molecular weight is 338 g/mol. The largest absolute Gasteiger partial charge is 0.456 e. The summed E-state index contributed by atoms with van der Waals surface area (Å²) in [6.07, 6.45) is 1.76. The lowest BCUT2D eigenvalue weighted by molar-refractivity contribution is 0.476. The molecule has 1 unspecified atom stereocenters. The van der Waals surface area contributed by atoms with E-state index in [9.17, 15) is 4.39 Å². The Morgan fingerprint density at radius 1 is 1.25 bits per heavy atom. The van der Waals surface area contributed by atoms with Gasteiger partial charge in [-0.2, -0.15) is 0 Å². The lowest BCUT2D eigenvalue weighted by Crippen LogP contribution is -2.21. The molecule has 2 N–H and O–H groups in total. The van der Waals surface area contributed by atoms with Gasteiger partial charge in [-0.05, 0) is 64.7 Å². The van der Waals surface area contributed by atoms with Crippen LogP contribution in [0.2, 0.25) is 0 Å². The second kappa shape index (κ2) is 6.86. The van der Waals surface area contributed by atoms with Crippen LogP contribution in [0.5, 0.6) is 11.5 Å². The minimum Gasteiger partial charge on any atom is -0.456 e. The molecular formula is C16H17BrFNO. The molecule has 0 radical (unpaired) electrons. The van der Waals surface area contributed by atoms with Crippen molar-refractivity contribution in [2.75, 3.05) is 0 Å². The lowest BCUT2D eigenvalue weighted by Gasteiger charge is -2.11. The second-order valence-electron chi connectivity index (χ2n) is 4.70. The van der Waals surface area contributed by atoms with Gasteiger partial charge in [-0.15, -0.1) is 0 Å². The molecule has 4 heteroatoms. The topological polar surface area (TPSA) is 35.2 Å². The van der Waals surface area contributed by atoms with Crippen molar-refractivity contribution in [1.29, 1.82) is 0 Å². The van der Waals surface area contributed by atoms with Gasteiger partial charge >= 0.3 is 0 Å². The zero-order chi connectivity index (χ0) is 14.5. The van der Waals surface area contributed by atoms with Crippen LogP contribution in [0.3, 0.4) is 0 Å². The minimum absolute atomic E-state index is 0.155. The Labute approximate surface area is 126 Å². The first kappa shape index (κ1) is 15.0. The van der Waals surface area contributed by atoms with Crippen LogP contribution in [-0.2, 0) is 6.42 Å². The number of ether oxygens (including phenoxy) is 1. The van der Waals surface area contributed by atoms with Gasteiger partial charge < -0.3 is 10.5 Å². The third-order valence-electron chi connectivity index (χ3n) is 3.04. The molecule has 1 atom stereocenters. The maximum atomic E-state index is 13.0. The summed E-state index contributed by atoms with van der Waals surface area (Å²) in [6.45, 7) is 2.07. The smallest absolute Gasteiger partial charge is 0.141 e. The zero-order valence-corrected chi connectivity index (χ0v) is 12.9. The van der Waals surface area contributed by atoms with Crippen LogP contribution in [-0.4, -0.2) is 6.04 Å². The van der Waals surface area contributed by atoms with Gasteiger partial charge in [-0.25, -0.2) is 4.39 Å². The van der Waals surface area contributed by atoms with Crippen molar-refractivity contribution in [3.8, 4) is 11.5 Å². The van der Waals surface area contributed by atoms with Gasteiger partial charge in [-0.1, -0.05) is 19.1 Å². The Bertz CT molecular complexity index is 588. The van der Waals surface area contributed by atoms with E-state index in [0.29, 0.717) is 10.2 Å². The highest BCUT2D eigenvalue weighted by atomic mass is 79.9. The van der Waals surface area contributed by atoms with E-state index < -0.39 is 0 Å². The summed E-state index contributed by atoms with van der Waals surface area (Å²) in [5.74, 6) is 1.01. The van der Waals surface area contributed by atoms with Crippen LogP contribution in [0.4, 0.5) is 4.39 Å². The predicted octanol–water partition coefficient (Wildman–Crippen LogP) is 4.66. The molecule has 106 valence electrons. The van der Waals surface area contributed by atoms with Gasteiger partial charge in [0.2, 0.25) is 0 Å². The van der Waals surface area contributed by atoms with Crippen LogP contribution in [0.1, 0.15) is 18.9 Å². The molecule has 0 aliphatic rings. The number of halogens is 2. The maximum Gasteiger partial charge on any atom is 0.141 e. The molecule has 0 amide bonds. The maximum absolute atomic E-state index is 13.0. The molecule has 0 spiro atoms. The van der Waals surface area contributed by atoms with Crippen molar-refractivity contribution in [3.05, 3.63) is 58.3 Å². The normalized spacial score (nSPS) is 12.2. The number of hydrogen-bond acceptors (Lipinski definition) is 2. The Hall–Kier alpha value is -1.39. The molecule has 0 saturated carbocycles. The lowest BCUT2D eigenvalue weighted by atomic mass is 10.0. The van der Waals surface area contributed by atoms with Crippen LogP contribution >= 0.6 is 15.9 Å². The van der Waals surface area contributed by atoms with Gasteiger partial charge in [0.15, 0.2) is 0 Å². The summed E-state index contributed by atoms with van der Waals surface area (Å²) in [5, 5.41) is 0. The van der Waals surface area contributed by atoms with Gasteiger partial charge in [0, 0.05) is 6.04 Å². The first-order valence-corrected chi connectivity index (χ1v) is 7.35. The molecule has 20 heavy (non-hydrogen) atoms. The molecular weight excluding hydrogens is 321 g/mol. The van der Waals surface area contributed by atoms with Crippen LogP contribution in [0.25, 0.3) is 0 Å². The second-order valence-corrected chi connectivity index (χ2v) is 5.55. The number of benzene rings is 2. The average Bonchev–Trinajstić information content (AvgIpc) is 2.42. The predicted molar refractivity (Wildman–Crippen MR) is 82.6 cm³/mol. The van der Waals surface area contributed by atoms with Crippen LogP contribution < -0.4 is 10.5 Å². The zero-order valence-electron chi connectivity index (χ0n) is 11.3. The Morgan fingerprint density at radius 2 is 2.05 bits per heavy atom. The minimum atomic E-state index is -0.299. The van der Waals surface area contributed by atoms with Gasteiger partial charge in [-0.3, -0.25) is 0 Å². The SMILES string of the molecule is CCC(N)Cc1cccc(Oc2ccc(F)cc2Br)c1. The highest BCUT2D eigenvalue weighted by molar-refractivity contribution is 9.10. The summed E-state index contributed by atoms with van der Waals surface area (Å²) < 4.78 is 19.4. The van der Waals surface area contributed by atoms with Crippen LogP contribution in [0.15, 0.2) is 46.9 Å². The Balaban J connectivity index is 2.15. The van der Waals surface area contributed by atoms with Gasteiger partial charge in [0.05, 0.1) is 4.47 Å². The molecule has 0 fully saturated rings. The summed E-state index contributed by atoms with van der Waals surface area (Å²) in [5.41, 5.74) is 7.09. The van der Waals surface area contributed by atoms with Crippen LogP contribution in [0, 0.1) is 5.82 Å². The van der Waals surface area contributed by atoms with Crippen molar-refractivity contribution < 1.29 is 9.13 Å². The Kier molecular flexibility index (Phi) is 5.15. The molecule has 2 rings (SSSR count). The molecule has 0 heterocycles. The van der Waals surface area contributed by atoms with Crippen molar-refractivity contribution >= 4 is 15.9 Å². The molecule has 2 nitrogen and oxygen atoms in total. The van der Waals surface area contributed by atoms with E-state index in [1.54, 1.807) is 6.07 Å². The molecule has 0 aliphatic carbocycles. The highest BCUT2D eigenvalue weighted by Gasteiger charge is 2.06. The summed E-state index contributed by atoms with van der Waals surface area (Å²) >= 11 is 3.29.